The Balaban J connectivity index is 0.00000121. The molecule has 0 saturated carbocycles. The smallest absolute Gasteiger partial charge is 0.0266 e. The zero-order valence-corrected chi connectivity index (χ0v) is 7.68. The summed E-state index contributed by atoms with van der Waals surface area (Å²) in [4.78, 5) is 0. The Morgan fingerprint density at radius 1 is 1.42 bits per heavy atom. The van der Waals surface area contributed by atoms with Crippen molar-refractivity contribution >= 4 is 0 Å². The van der Waals surface area contributed by atoms with E-state index >= 15 is 0 Å². The van der Waals surface area contributed by atoms with Gasteiger partial charge in [-0.05, 0) is 31.1 Å². The quantitative estimate of drug-likeness (QED) is 0.592. The Morgan fingerprint density at radius 3 is 2.42 bits per heavy atom. The summed E-state index contributed by atoms with van der Waals surface area (Å²) in [5.74, 6) is 1.50. The molecule has 1 atom stereocenters. The van der Waals surface area contributed by atoms with Gasteiger partial charge in [-0.2, -0.15) is 0 Å². The first kappa shape index (κ1) is 11.5. The molecule has 0 N–H and O–H groups in total. The van der Waals surface area contributed by atoms with Crippen LogP contribution < -0.4 is 5.11 Å². The van der Waals surface area contributed by atoms with Crippen molar-refractivity contribution in [2.24, 2.45) is 11.8 Å². The van der Waals surface area contributed by atoms with Crippen molar-refractivity contribution in [1.29, 1.82) is 0 Å². The Kier molecular flexibility index (Phi) is 4.36. The monoisotopic (exact) mass is 169 g/mol. The molecule has 0 aromatic carbocycles. The molecule has 1 aliphatic carbocycles. The van der Waals surface area contributed by atoms with E-state index in [1.807, 2.05) is 0 Å². The molecule has 0 aromatic rings. The molecule has 0 amide bonds. The predicted octanol–water partition coefficient (Wildman–Crippen LogP) is 2.71. The summed E-state index contributed by atoms with van der Waals surface area (Å²) in [6, 6.07) is 0. The summed E-state index contributed by atoms with van der Waals surface area (Å²) in [5.41, 5.74) is 1.17. The van der Waals surface area contributed by atoms with Gasteiger partial charge in [0.2, 0.25) is 0 Å². The molecule has 0 aliphatic heterocycles. The molecule has 0 bridgehead atoms. The van der Waals surface area contributed by atoms with E-state index in [1.165, 1.54) is 12.0 Å². The zero-order chi connectivity index (χ0) is 8.43. The highest BCUT2D eigenvalue weighted by Crippen LogP contribution is 2.30. The highest BCUT2D eigenvalue weighted by Gasteiger charge is 2.13. The summed E-state index contributed by atoms with van der Waals surface area (Å²) < 4.78 is 0. The summed E-state index contributed by atoms with van der Waals surface area (Å²) in [7, 11) is 0. The van der Waals surface area contributed by atoms with Gasteiger partial charge in [0.15, 0.2) is 0 Å². The standard InChI is InChI=1S/C10H18O.CH4/c1-7(2)9-5-4-8(3)6-10(9)11;/h7-8,11H,4-6H2,1-3H3;1H4/p-1. The van der Waals surface area contributed by atoms with E-state index in [-0.39, 0.29) is 7.43 Å². The molecule has 1 rings (SSSR count). The molecule has 72 valence electrons. The van der Waals surface area contributed by atoms with Crippen molar-refractivity contribution < 1.29 is 5.11 Å². The largest absolute Gasteiger partial charge is 0.875 e. The lowest BCUT2D eigenvalue weighted by Gasteiger charge is -2.30. The van der Waals surface area contributed by atoms with E-state index in [0.29, 0.717) is 17.6 Å². The van der Waals surface area contributed by atoms with Gasteiger partial charge in [0.05, 0.1) is 0 Å². The van der Waals surface area contributed by atoms with Crippen molar-refractivity contribution in [3.8, 4) is 0 Å². The Labute approximate surface area is 76.5 Å². The molecule has 1 nitrogen and oxygen atoms in total. The van der Waals surface area contributed by atoms with E-state index in [4.69, 9.17) is 0 Å². The minimum Gasteiger partial charge on any atom is -0.875 e. The first-order valence-corrected chi connectivity index (χ1v) is 4.50. The number of hydrogen-bond acceptors (Lipinski definition) is 1. The highest BCUT2D eigenvalue weighted by molar-refractivity contribution is 5.12. The maximum atomic E-state index is 11.4. The molecule has 1 unspecified atom stereocenters. The van der Waals surface area contributed by atoms with Crippen LogP contribution in [-0.4, -0.2) is 0 Å². The lowest BCUT2D eigenvalue weighted by Crippen LogP contribution is -2.19. The summed E-state index contributed by atoms with van der Waals surface area (Å²) >= 11 is 0. The van der Waals surface area contributed by atoms with Crippen molar-refractivity contribution in [3.05, 3.63) is 11.3 Å². The van der Waals surface area contributed by atoms with E-state index in [1.54, 1.807) is 0 Å². The van der Waals surface area contributed by atoms with Gasteiger partial charge in [-0.25, -0.2) is 0 Å². The first-order valence-electron chi connectivity index (χ1n) is 4.50. The molecule has 1 aliphatic rings. The topological polar surface area (TPSA) is 23.1 Å². The lowest BCUT2D eigenvalue weighted by molar-refractivity contribution is -0.312. The highest BCUT2D eigenvalue weighted by atomic mass is 16.3. The molecule has 0 radical (unpaired) electrons. The molecular formula is C11H21O-. The van der Waals surface area contributed by atoms with Crippen LogP contribution in [0.2, 0.25) is 0 Å². The van der Waals surface area contributed by atoms with Crippen molar-refractivity contribution in [2.75, 3.05) is 0 Å². The van der Waals surface area contributed by atoms with Crippen molar-refractivity contribution in [2.45, 2.75) is 47.5 Å². The second kappa shape index (κ2) is 4.54. The number of rotatable bonds is 1. The van der Waals surface area contributed by atoms with Gasteiger partial charge in [0, 0.05) is 0 Å². The normalized spacial score (nSPS) is 24.2. The zero-order valence-electron chi connectivity index (χ0n) is 7.68. The van der Waals surface area contributed by atoms with Crippen LogP contribution >= 0.6 is 0 Å². The minimum absolute atomic E-state index is 0. The van der Waals surface area contributed by atoms with Crippen LogP contribution in [0.1, 0.15) is 47.5 Å². The Morgan fingerprint density at radius 2 is 2.00 bits per heavy atom. The summed E-state index contributed by atoms with van der Waals surface area (Å²) in [5, 5.41) is 11.4. The van der Waals surface area contributed by atoms with E-state index < -0.39 is 0 Å². The van der Waals surface area contributed by atoms with Gasteiger partial charge in [-0.15, -0.1) is 5.76 Å². The molecule has 0 spiro atoms. The average Bonchev–Trinajstić information content (AvgIpc) is 1.85. The Hall–Kier alpha value is -0.460. The second-order valence-electron chi connectivity index (χ2n) is 3.95. The third kappa shape index (κ3) is 2.54. The number of allylic oxidation sites excluding steroid dienone is 2. The van der Waals surface area contributed by atoms with Crippen LogP contribution in [0.15, 0.2) is 11.3 Å². The van der Waals surface area contributed by atoms with Crippen molar-refractivity contribution in [3.63, 3.8) is 0 Å². The van der Waals surface area contributed by atoms with E-state index in [2.05, 4.69) is 20.8 Å². The summed E-state index contributed by atoms with van der Waals surface area (Å²) in [6.45, 7) is 6.39. The molecule has 0 heterocycles. The van der Waals surface area contributed by atoms with Crippen LogP contribution in [0.4, 0.5) is 0 Å². The van der Waals surface area contributed by atoms with Crippen LogP contribution in [0.3, 0.4) is 0 Å². The molecule has 0 aromatic heterocycles. The van der Waals surface area contributed by atoms with E-state index in [9.17, 15) is 5.11 Å². The van der Waals surface area contributed by atoms with Gasteiger partial charge < -0.3 is 5.11 Å². The number of hydrogen-bond donors (Lipinski definition) is 0. The third-order valence-electron chi connectivity index (χ3n) is 2.50. The predicted molar refractivity (Wildman–Crippen MR) is 51.6 cm³/mol. The molecular weight excluding hydrogens is 148 g/mol. The molecule has 1 heteroatoms. The van der Waals surface area contributed by atoms with Gasteiger partial charge in [-0.1, -0.05) is 33.8 Å². The van der Waals surface area contributed by atoms with Gasteiger partial charge in [0.1, 0.15) is 0 Å². The fraction of sp³-hybridized carbons (Fsp3) is 0.818. The summed E-state index contributed by atoms with van der Waals surface area (Å²) in [6.07, 6.45) is 3.03. The third-order valence-corrected chi connectivity index (χ3v) is 2.50. The van der Waals surface area contributed by atoms with Gasteiger partial charge in [0.25, 0.3) is 0 Å². The van der Waals surface area contributed by atoms with Crippen LogP contribution in [0, 0.1) is 11.8 Å². The maximum Gasteiger partial charge on any atom is -0.0266 e. The van der Waals surface area contributed by atoms with Gasteiger partial charge in [-0.3, -0.25) is 0 Å². The Bertz CT molecular complexity index is 168. The average molecular weight is 169 g/mol. The minimum atomic E-state index is 0. The molecule has 12 heavy (non-hydrogen) atoms. The molecule has 0 saturated heterocycles. The fourth-order valence-corrected chi connectivity index (χ4v) is 1.70. The lowest BCUT2D eigenvalue weighted by atomic mass is 9.85. The van der Waals surface area contributed by atoms with Crippen molar-refractivity contribution in [1.82, 2.24) is 0 Å². The van der Waals surface area contributed by atoms with Gasteiger partial charge >= 0.3 is 0 Å². The first-order chi connectivity index (χ1) is 5.11. The fourth-order valence-electron chi connectivity index (χ4n) is 1.70. The SMILES string of the molecule is C.CC1CCC(C(C)C)=C([O-])C1. The molecule has 0 fully saturated rings. The second-order valence-corrected chi connectivity index (χ2v) is 3.95. The van der Waals surface area contributed by atoms with Crippen LogP contribution in [0.5, 0.6) is 0 Å². The van der Waals surface area contributed by atoms with E-state index in [0.717, 1.165) is 12.8 Å². The maximum absolute atomic E-state index is 11.4. The van der Waals surface area contributed by atoms with Crippen LogP contribution in [-0.2, 0) is 0 Å². The van der Waals surface area contributed by atoms with Crippen LogP contribution in [0.25, 0.3) is 0 Å².